The first-order valence-electron chi connectivity index (χ1n) is 5.97. The third-order valence-corrected chi connectivity index (χ3v) is 2.48. The maximum atomic E-state index is 12.3. The van der Waals surface area contributed by atoms with Gasteiger partial charge in [-0.3, -0.25) is 14.5 Å². The standard InChI is InChI=1S/C11H19F3N2O3/c1-3-4-5-15-10(19)8(2)16(6-9(17)18)7-11(12,13)14/h8H,3-7H2,1-2H3,(H,15,19)(H,17,18). The van der Waals surface area contributed by atoms with Crippen molar-refractivity contribution in [3.8, 4) is 0 Å². The van der Waals surface area contributed by atoms with Gasteiger partial charge in [-0.1, -0.05) is 13.3 Å². The SMILES string of the molecule is CCCCNC(=O)C(C)N(CC(=O)O)CC(F)(F)F. The third-order valence-electron chi connectivity index (χ3n) is 2.48. The van der Waals surface area contributed by atoms with Crippen LogP contribution in [0.1, 0.15) is 26.7 Å². The lowest BCUT2D eigenvalue weighted by molar-refractivity contribution is -0.160. The van der Waals surface area contributed by atoms with Crippen LogP contribution in [-0.2, 0) is 9.59 Å². The molecule has 0 fully saturated rings. The smallest absolute Gasteiger partial charge is 0.401 e. The highest BCUT2D eigenvalue weighted by atomic mass is 19.4. The lowest BCUT2D eigenvalue weighted by Gasteiger charge is -2.27. The molecule has 1 unspecified atom stereocenters. The largest absolute Gasteiger partial charge is 0.480 e. The number of carboxylic acids is 1. The van der Waals surface area contributed by atoms with E-state index in [9.17, 15) is 22.8 Å². The molecule has 0 aromatic rings. The second-order valence-corrected chi connectivity index (χ2v) is 4.23. The summed E-state index contributed by atoms with van der Waals surface area (Å²) in [5.41, 5.74) is 0. The van der Waals surface area contributed by atoms with E-state index in [0.29, 0.717) is 11.4 Å². The summed E-state index contributed by atoms with van der Waals surface area (Å²) in [5, 5.41) is 11.1. The molecule has 0 saturated heterocycles. The number of carbonyl (C=O) groups is 2. The van der Waals surface area contributed by atoms with Crippen LogP contribution in [0.15, 0.2) is 0 Å². The van der Waals surface area contributed by atoms with E-state index >= 15 is 0 Å². The summed E-state index contributed by atoms with van der Waals surface area (Å²) in [6.45, 7) is 1.28. The van der Waals surface area contributed by atoms with Crippen LogP contribution in [-0.4, -0.2) is 53.7 Å². The minimum absolute atomic E-state index is 0.368. The van der Waals surface area contributed by atoms with E-state index in [2.05, 4.69) is 5.32 Å². The normalized spacial score (nSPS) is 13.4. The summed E-state index contributed by atoms with van der Waals surface area (Å²) in [6, 6.07) is -1.14. The number of hydrogen-bond donors (Lipinski definition) is 2. The number of carbonyl (C=O) groups excluding carboxylic acids is 1. The van der Waals surface area contributed by atoms with E-state index in [1.807, 2.05) is 6.92 Å². The van der Waals surface area contributed by atoms with Crippen molar-refractivity contribution >= 4 is 11.9 Å². The molecular weight excluding hydrogens is 265 g/mol. The first-order valence-corrected chi connectivity index (χ1v) is 5.97. The summed E-state index contributed by atoms with van der Waals surface area (Å²) >= 11 is 0. The number of aliphatic carboxylic acids is 1. The van der Waals surface area contributed by atoms with Crippen molar-refractivity contribution in [1.29, 1.82) is 0 Å². The monoisotopic (exact) mass is 284 g/mol. The summed E-state index contributed by atoms with van der Waals surface area (Å²) in [7, 11) is 0. The maximum Gasteiger partial charge on any atom is 0.401 e. The molecule has 0 saturated carbocycles. The highest BCUT2D eigenvalue weighted by Crippen LogP contribution is 2.18. The van der Waals surface area contributed by atoms with Gasteiger partial charge in [0.1, 0.15) is 0 Å². The van der Waals surface area contributed by atoms with E-state index in [1.165, 1.54) is 6.92 Å². The molecule has 1 atom stereocenters. The molecule has 0 rings (SSSR count). The molecular formula is C11H19F3N2O3. The molecule has 1 amide bonds. The summed E-state index contributed by atoms with van der Waals surface area (Å²) < 4.78 is 37.0. The van der Waals surface area contributed by atoms with Gasteiger partial charge >= 0.3 is 12.1 Å². The molecule has 19 heavy (non-hydrogen) atoms. The van der Waals surface area contributed by atoms with Crippen LogP contribution in [0.4, 0.5) is 13.2 Å². The Hall–Kier alpha value is -1.31. The minimum Gasteiger partial charge on any atom is -0.480 e. The number of nitrogens with zero attached hydrogens (tertiary/aromatic N) is 1. The number of nitrogens with one attached hydrogen (secondary N) is 1. The molecule has 112 valence electrons. The van der Waals surface area contributed by atoms with Crippen LogP contribution in [0.2, 0.25) is 0 Å². The summed E-state index contributed by atoms with van der Waals surface area (Å²) in [6.07, 6.45) is -2.99. The Morgan fingerprint density at radius 1 is 1.37 bits per heavy atom. The number of carboxylic acid groups (broad SMARTS) is 1. The number of rotatable bonds is 8. The van der Waals surface area contributed by atoms with Gasteiger partial charge in [-0.15, -0.1) is 0 Å². The van der Waals surface area contributed by atoms with Crippen molar-refractivity contribution in [2.75, 3.05) is 19.6 Å². The predicted octanol–water partition coefficient (Wildman–Crippen LogP) is 1.24. The fourth-order valence-electron chi connectivity index (χ4n) is 1.44. The van der Waals surface area contributed by atoms with Crippen molar-refractivity contribution in [2.24, 2.45) is 0 Å². The van der Waals surface area contributed by atoms with Gasteiger partial charge in [0, 0.05) is 6.54 Å². The van der Waals surface area contributed by atoms with Gasteiger partial charge in [0.15, 0.2) is 0 Å². The maximum absolute atomic E-state index is 12.3. The van der Waals surface area contributed by atoms with Crippen LogP contribution < -0.4 is 5.32 Å². The van der Waals surface area contributed by atoms with Crippen LogP contribution in [0, 0.1) is 0 Å². The average Bonchev–Trinajstić information content (AvgIpc) is 2.24. The zero-order chi connectivity index (χ0) is 15.1. The Morgan fingerprint density at radius 3 is 2.37 bits per heavy atom. The molecule has 0 spiro atoms. The highest BCUT2D eigenvalue weighted by molar-refractivity contribution is 5.82. The van der Waals surface area contributed by atoms with E-state index < -0.39 is 37.2 Å². The average molecular weight is 284 g/mol. The van der Waals surface area contributed by atoms with E-state index in [0.717, 1.165) is 12.8 Å². The third kappa shape index (κ3) is 8.41. The first kappa shape index (κ1) is 17.7. The Morgan fingerprint density at radius 2 is 1.95 bits per heavy atom. The zero-order valence-corrected chi connectivity index (χ0v) is 11.0. The molecule has 8 heteroatoms. The predicted molar refractivity (Wildman–Crippen MR) is 62.6 cm³/mol. The number of halogens is 3. The van der Waals surface area contributed by atoms with E-state index in [1.54, 1.807) is 0 Å². The lowest BCUT2D eigenvalue weighted by atomic mass is 10.2. The number of hydrogen-bond acceptors (Lipinski definition) is 3. The molecule has 2 N–H and O–H groups in total. The topological polar surface area (TPSA) is 69.6 Å². The quantitative estimate of drug-likeness (QED) is 0.658. The summed E-state index contributed by atoms with van der Waals surface area (Å²) in [4.78, 5) is 22.7. The van der Waals surface area contributed by atoms with Crippen LogP contribution in [0.25, 0.3) is 0 Å². The Bertz CT molecular complexity index is 308. The molecule has 0 aromatic carbocycles. The molecule has 0 aliphatic heterocycles. The van der Waals surface area contributed by atoms with Crippen molar-refractivity contribution in [2.45, 2.75) is 38.9 Å². The second-order valence-electron chi connectivity index (χ2n) is 4.23. The Kier molecular flexibility index (Phi) is 7.43. The van der Waals surface area contributed by atoms with Crippen molar-refractivity contribution in [1.82, 2.24) is 10.2 Å². The van der Waals surface area contributed by atoms with Crippen molar-refractivity contribution in [3.05, 3.63) is 0 Å². The van der Waals surface area contributed by atoms with Crippen molar-refractivity contribution < 1.29 is 27.9 Å². The summed E-state index contributed by atoms with van der Waals surface area (Å²) in [5.74, 6) is -2.00. The second kappa shape index (κ2) is 7.98. The van der Waals surface area contributed by atoms with E-state index in [-0.39, 0.29) is 0 Å². The zero-order valence-electron chi connectivity index (χ0n) is 11.0. The Balaban J connectivity index is 4.56. The molecule has 0 aliphatic rings. The van der Waals surface area contributed by atoms with Crippen LogP contribution in [0.5, 0.6) is 0 Å². The molecule has 0 aromatic heterocycles. The molecule has 0 bridgehead atoms. The Labute approximate surface area is 109 Å². The molecule has 0 heterocycles. The van der Waals surface area contributed by atoms with Gasteiger partial charge in [-0.2, -0.15) is 13.2 Å². The first-order chi connectivity index (χ1) is 8.67. The lowest BCUT2D eigenvalue weighted by Crippen LogP contribution is -2.50. The number of unbranched alkanes of at least 4 members (excludes halogenated alkanes) is 1. The van der Waals surface area contributed by atoms with Gasteiger partial charge in [0.25, 0.3) is 0 Å². The fourth-order valence-corrected chi connectivity index (χ4v) is 1.44. The fraction of sp³-hybridized carbons (Fsp3) is 0.818. The molecule has 0 aliphatic carbocycles. The van der Waals surface area contributed by atoms with Gasteiger partial charge < -0.3 is 10.4 Å². The van der Waals surface area contributed by atoms with Crippen LogP contribution >= 0.6 is 0 Å². The van der Waals surface area contributed by atoms with E-state index in [4.69, 9.17) is 5.11 Å². The van der Waals surface area contributed by atoms with Crippen molar-refractivity contribution in [3.63, 3.8) is 0 Å². The molecule has 0 radical (unpaired) electrons. The van der Waals surface area contributed by atoms with Gasteiger partial charge in [0.2, 0.25) is 5.91 Å². The van der Waals surface area contributed by atoms with Gasteiger partial charge in [-0.05, 0) is 13.3 Å². The van der Waals surface area contributed by atoms with Crippen LogP contribution in [0.3, 0.4) is 0 Å². The minimum atomic E-state index is -4.55. The van der Waals surface area contributed by atoms with Gasteiger partial charge in [0.05, 0.1) is 19.1 Å². The molecule has 5 nitrogen and oxygen atoms in total. The van der Waals surface area contributed by atoms with Gasteiger partial charge in [-0.25, -0.2) is 0 Å². The highest BCUT2D eigenvalue weighted by Gasteiger charge is 2.35. The number of amides is 1. The number of alkyl halides is 3.